The zero-order valence-corrected chi connectivity index (χ0v) is 23.2. The van der Waals surface area contributed by atoms with Gasteiger partial charge in [-0.25, -0.2) is 4.98 Å². The largest absolute Gasteiger partial charge is 1.00 e. The Kier molecular flexibility index (Phi) is 9.68. The molecule has 5 N–H and O–H groups in total. The number of anilines is 1. The Morgan fingerprint density at radius 3 is 2.91 bits per heavy atom. The molecule has 0 radical (unpaired) electrons. The Morgan fingerprint density at radius 2 is 2.29 bits per heavy atom. The zero-order chi connectivity index (χ0) is 24.2. The maximum Gasteiger partial charge on any atom is 1.00 e. The second-order valence-electron chi connectivity index (χ2n) is 6.55. The summed E-state index contributed by atoms with van der Waals surface area (Å²) in [5, 5.41) is 40.1. The van der Waals surface area contributed by atoms with E-state index in [-0.39, 0.29) is 46.1 Å². The molecule has 0 saturated carbocycles. The van der Waals surface area contributed by atoms with Crippen molar-refractivity contribution in [3.63, 3.8) is 0 Å². The number of aromatic amines is 1. The van der Waals surface area contributed by atoms with Crippen LogP contribution < -0.4 is 45.7 Å². The molecule has 4 rings (SSSR count). The molecule has 35 heavy (non-hydrogen) atoms. The fraction of sp³-hybridized carbons (Fsp3) is 0.235. The molecule has 1 fully saturated rings. The maximum atomic E-state index is 12.7. The average molecular weight is 563 g/mol. The third-order valence-corrected chi connectivity index (χ3v) is 8.46. The number of aliphatic carboxylic acids is 1. The van der Waals surface area contributed by atoms with E-state index in [4.69, 9.17) is 5.73 Å². The van der Waals surface area contributed by atoms with E-state index < -0.39 is 34.9 Å². The molecular weight excluding hydrogens is 547 g/mol. The molecule has 2 aliphatic rings. The van der Waals surface area contributed by atoms with Crippen molar-refractivity contribution in [3.8, 4) is 0 Å². The van der Waals surface area contributed by atoms with E-state index in [0.717, 1.165) is 21.3 Å². The summed E-state index contributed by atoms with van der Waals surface area (Å²) >= 11 is 4.99. The predicted octanol–water partition coefficient (Wildman–Crippen LogP) is -3.57. The van der Waals surface area contributed by atoms with Crippen LogP contribution in [0.3, 0.4) is 0 Å². The normalized spacial score (nSPS) is 19.8. The number of aromatic nitrogens is 4. The number of nitrogens with zero attached hydrogens (tertiary/aromatic N) is 5. The van der Waals surface area contributed by atoms with Gasteiger partial charge in [0.25, 0.3) is 11.8 Å². The number of hydrogen-bond donors (Lipinski definition) is 4. The smallest absolute Gasteiger partial charge is 0.543 e. The van der Waals surface area contributed by atoms with E-state index in [2.05, 4.69) is 30.9 Å². The van der Waals surface area contributed by atoms with Gasteiger partial charge in [-0.05, 0) is 5.41 Å². The number of hydrogen-bond acceptors (Lipinski definition) is 14. The summed E-state index contributed by atoms with van der Waals surface area (Å²) in [7, 11) is 0. The summed E-state index contributed by atoms with van der Waals surface area (Å²) in [6.45, 7) is 0. The van der Waals surface area contributed by atoms with Gasteiger partial charge in [-0.3, -0.25) is 14.5 Å². The minimum Gasteiger partial charge on any atom is -0.543 e. The van der Waals surface area contributed by atoms with Crippen molar-refractivity contribution < 1.29 is 54.3 Å². The van der Waals surface area contributed by atoms with Crippen molar-refractivity contribution in [1.82, 2.24) is 30.6 Å². The third kappa shape index (κ3) is 6.04. The second kappa shape index (κ2) is 12.3. The standard InChI is InChI=1S/C17H16N8O5S4.Na/c18-17-20-7(5-34-17)10(23-30)13(26)21-11-14(27)25-12(16(28)29)8(6-33-15(11)25)31-2-1-3-32-9-4-19-24-22-9;/h1-2,4-5,11,15,30H,3,6H2,(H2,18,20)(H,21,26)(H,28,29)(H,19,22,24);/q;+1/p-1/b2-1-,23-10-;/t11?,15-;/m1./s1. The average Bonchev–Trinajstić information content (AvgIpc) is 3.49. The number of rotatable bonds is 9. The Labute approximate surface area is 236 Å². The van der Waals surface area contributed by atoms with Crippen LogP contribution in [0.5, 0.6) is 0 Å². The molecule has 18 heteroatoms. The SMILES string of the molecule is Nc1nc(/C(=N/O)C(=O)NC2C(=O)N3C(C(=O)[O-])=C(S/C=C\CSc4cn[nH]n4)CS[C@H]23)cs1.[Na+]. The number of nitrogens with one attached hydrogen (secondary N) is 2. The Balaban J connectivity index is 0.00000342. The van der Waals surface area contributed by atoms with Crippen molar-refractivity contribution in [1.29, 1.82) is 0 Å². The van der Waals surface area contributed by atoms with Gasteiger partial charge in [0, 0.05) is 21.8 Å². The summed E-state index contributed by atoms with van der Waals surface area (Å²) < 4.78 is 0. The van der Waals surface area contributed by atoms with Gasteiger partial charge in [0.1, 0.15) is 22.1 Å². The maximum absolute atomic E-state index is 12.7. The molecule has 2 aromatic rings. The van der Waals surface area contributed by atoms with Gasteiger partial charge in [-0.15, -0.1) is 28.2 Å². The monoisotopic (exact) mass is 562 g/mol. The number of carbonyl (C=O) groups excluding carboxylic acids is 3. The van der Waals surface area contributed by atoms with Crippen LogP contribution in [-0.4, -0.2) is 76.9 Å². The van der Waals surface area contributed by atoms with Crippen LogP contribution in [0.25, 0.3) is 0 Å². The summed E-state index contributed by atoms with van der Waals surface area (Å²) in [4.78, 5) is 42.6. The molecule has 2 aliphatic heterocycles. The van der Waals surface area contributed by atoms with Crippen LogP contribution in [0.2, 0.25) is 0 Å². The van der Waals surface area contributed by atoms with Crippen LogP contribution in [0.1, 0.15) is 5.69 Å². The number of amides is 2. The molecule has 2 atom stereocenters. The summed E-state index contributed by atoms with van der Waals surface area (Å²) in [6, 6.07) is -1.000. The molecule has 0 aliphatic carbocycles. The molecule has 2 aromatic heterocycles. The van der Waals surface area contributed by atoms with Crippen LogP contribution in [0.15, 0.2) is 43.8 Å². The number of oxime groups is 1. The topological polar surface area (TPSA) is 203 Å². The Hall–Kier alpha value is -2.02. The molecule has 178 valence electrons. The minimum atomic E-state index is -1.48. The number of thiazole rings is 1. The van der Waals surface area contributed by atoms with Crippen molar-refractivity contribution in [2.24, 2.45) is 5.16 Å². The number of nitrogen functional groups attached to an aromatic ring is 1. The second-order valence-corrected chi connectivity index (χ2v) is 10.6. The van der Waals surface area contributed by atoms with E-state index in [1.54, 1.807) is 11.6 Å². The first-order valence-corrected chi connectivity index (χ1v) is 13.1. The fourth-order valence-corrected chi connectivity index (χ4v) is 6.64. The Morgan fingerprint density at radius 1 is 1.49 bits per heavy atom. The van der Waals surface area contributed by atoms with Crippen molar-refractivity contribution >= 4 is 75.2 Å². The molecule has 0 spiro atoms. The minimum absolute atomic E-state index is 0. The number of thioether (sulfide) groups is 3. The first-order chi connectivity index (χ1) is 16.4. The van der Waals surface area contributed by atoms with Crippen LogP contribution >= 0.6 is 46.6 Å². The van der Waals surface area contributed by atoms with Gasteiger partial charge in [-0.1, -0.05) is 34.8 Å². The molecule has 13 nitrogen and oxygen atoms in total. The van der Waals surface area contributed by atoms with Gasteiger partial charge in [0.2, 0.25) is 0 Å². The van der Waals surface area contributed by atoms with Crippen molar-refractivity contribution in [2.75, 3.05) is 17.2 Å². The van der Waals surface area contributed by atoms with E-state index >= 15 is 0 Å². The van der Waals surface area contributed by atoms with Crippen LogP contribution in [0, 0.1) is 0 Å². The summed E-state index contributed by atoms with van der Waals surface area (Å²) in [5.74, 6) is -2.02. The van der Waals surface area contributed by atoms with Gasteiger partial charge in [0.15, 0.2) is 10.8 Å². The van der Waals surface area contributed by atoms with E-state index in [1.807, 2.05) is 6.08 Å². The number of carbonyl (C=O) groups is 3. The van der Waals surface area contributed by atoms with Gasteiger partial charge < -0.3 is 26.2 Å². The predicted molar refractivity (Wildman–Crippen MR) is 126 cm³/mol. The number of carboxylic acid groups (broad SMARTS) is 1. The fourth-order valence-electron chi connectivity index (χ4n) is 3.05. The molecule has 2 amide bonds. The summed E-state index contributed by atoms with van der Waals surface area (Å²) in [5.41, 5.74) is 4.98. The molecule has 4 heterocycles. The molecule has 1 saturated heterocycles. The van der Waals surface area contributed by atoms with E-state index in [9.17, 15) is 24.7 Å². The van der Waals surface area contributed by atoms with E-state index in [0.29, 0.717) is 16.4 Å². The molecule has 0 bridgehead atoms. The number of carboxylic acids is 1. The Bertz CT molecular complexity index is 1200. The summed E-state index contributed by atoms with van der Waals surface area (Å²) in [6.07, 6.45) is 3.43. The van der Waals surface area contributed by atoms with Gasteiger partial charge in [-0.2, -0.15) is 10.3 Å². The number of fused-ring (bicyclic) bond motifs is 1. The molecular formula is C17H15N8NaO5S4. The van der Waals surface area contributed by atoms with Crippen molar-refractivity contribution in [3.05, 3.63) is 39.4 Å². The van der Waals surface area contributed by atoms with Gasteiger partial charge in [0.05, 0.1) is 17.9 Å². The van der Waals surface area contributed by atoms with E-state index in [1.165, 1.54) is 40.7 Å². The van der Waals surface area contributed by atoms with Crippen LogP contribution in [0.4, 0.5) is 5.13 Å². The van der Waals surface area contributed by atoms with Crippen LogP contribution in [-0.2, 0) is 14.4 Å². The van der Waals surface area contributed by atoms with Crippen molar-refractivity contribution in [2.45, 2.75) is 16.4 Å². The van der Waals surface area contributed by atoms with Gasteiger partial charge >= 0.3 is 29.6 Å². The zero-order valence-electron chi connectivity index (χ0n) is 17.9. The molecule has 1 unspecified atom stereocenters. The quantitative estimate of drug-likeness (QED) is 0.0585. The number of β-lactam (4-membered cyclic amide) rings is 1. The first-order valence-electron chi connectivity index (χ1n) is 9.34. The number of H-pyrrole nitrogens is 1. The first kappa shape index (κ1) is 27.6. The third-order valence-electron chi connectivity index (χ3n) is 4.52. The molecule has 0 aromatic carbocycles. The number of nitrogens with two attached hydrogens (primary N) is 1.